The summed E-state index contributed by atoms with van der Waals surface area (Å²) in [6.07, 6.45) is 6.48. The van der Waals surface area contributed by atoms with Crippen LogP contribution in [-0.4, -0.2) is 27.7 Å². The molecule has 0 radical (unpaired) electrons. The Kier molecular flexibility index (Phi) is 5.87. The first-order chi connectivity index (χ1) is 10.2. The van der Waals surface area contributed by atoms with Crippen LogP contribution in [0.25, 0.3) is 11.4 Å². The number of nitrogens with zero attached hydrogens (tertiary/aromatic N) is 3. The Morgan fingerprint density at radius 2 is 2.19 bits per heavy atom. The first-order valence-electron chi connectivity index (χ1n) is 7.65. The van der Waals surface area contributed by atoms with Crippen molar-refractivity contribution >= 4 is 0 Å². The van der Waals surface area contributed by atoms with Gasteiger partial charge in [-0.05, 0) is 37.4 Å². The summed E-state index contributed by atoms with van der Waals surface area (Å²) in [5.74, 6) is 1.93. The summed E-state index contributed by atoms with van der Waals surface area (Å²) in [5, 5.41) is 7.60. The fraction of sp³-hybridized carbons (Fsp3) is 0.562. The van der Waals surface area contributed by atoms with Gasteiger partial charge in [-0.15, -0.1) is 0 Å². The monoisotopic (exact) mass is 288 g/mol. The van der Waals surface area contributed by atoms with Gasteiger partial charge in [-0.25, -0.2) is 0 Å². The van der Waals surface area contributed by atoms with Crippen LogP contribution in [0.15, 0.2) is 29.0 Å². The van der Waals surface area contributed by atoms with Gasteiger partial charge in [0.2, 0.25) is 11.7 Å². The molecule has 5 nitrogen and oxygen atoms in total. The minimum Gasteiger partial charge on any atom is -0.339 e. The molecule has 5 heteroatoms. The molecule has 0 amide bonds. The van der Waals surface area contributed by atoms with E-state index in [0.717, 1.165) is 31.4 Å². The number of hydrogen-bond donors (Lipinski definition) is 1. The molecule has 21 heavy (non-hydrogen) atoms. The summed E-state index contributed by atoms with van der Waals surface area (Å²) in [4.78, 5) is 8.56. The van der Waals surface area contributed by atoms with Gasteiger partial charge in [0.25, 0.3) is 0 Å². The summed E-state index contributed by atoms with van der Waals surface area (Å²) < 4.78 is 5.38. The van der Waals surface area contributed by atoms with Crippen molar-refractivity contribution in [2.45, 2.75) is 46.1 Å². The molecule has 1 atom stereocenters. The van der Waals surface area contributed by atoms with Gasteiger partial charge >= 0.3 is 0 Å². The van der Waals surface area contributed by atoms with Crippen LogP contribution in [0.5, 0.6) is 0 Å². The first kappa shape index (κ1) is 15.6. The molecule has 2 aromatic heterocycles. The molecule has 0 aromatic carbocycles. The van der Waals surface area contributed by atoms with Gasteiger partial charge in [-0.3, -0.25) is 4.98 Å². The third kappa shape index (κ3) is 4.93. The molecule has 1 unspecified atom stereocenters. The van der Waals surface area contributed by atoms with Crippen molar-refractivity contribution in [2.24, 2.45) is 5.92 Å². The molecular weight excluding hydrogens is 264 g/mol. The number of rotatable bonds is 8. The average Bonchev–Trinajstić information content (AvgIpc) is 2.93. The maximum atomic E-state index is 5.38. The second-order valence-electron chi connectivity index (χ2n) is 5.74. The van der Waals surface area contributed by atoms with E-state index in [1.807, 2.05) is 12.1 Å². The fourth-order valence-electron chi connectivity index (χ4n) is 2.32. The molecule has 0 spiro atoms. The van der Waals surface area contributed by atoms with Crippen LogP contribution in [0, 0.1) is 5.92 Å². The number of pyridine rings is 1. The normalized spacial score (nSPS) is 12.8. The SMILES string of the molecule is CCCNC(Cc1nc(-c2cccnc2)no1)CC(C)C. The van der Waals surface area contributed by atoms with E-state index in [1.54, 1.807) is 12.4 Å². The lowest BCUT2D eigenvalue weighted by Gasteiger charge is -2.18. The summed E-state index contributed by atoms with van der Waals surface area (Å²) in [7, 11) is 0. The third-order valence-corrected chi connectivity index (χ3v) is 3.25. The van der Waals surface area contributed by atoms with Gasteiger partial charge in [-0.2, -0.15) is 4.98 Å². The second-order valence-corrected chi connectivity index (χ2v) is 5.74. The largest absolute Gasteiger partial charge is 0.339 e. The Morgan fingerprint density at radius 3 is 2.86 bits per heavy atom. The molecule has 0 fully saturated rings. The van der Waals surface area contributed by atoms with Crippen LogP contribution in [-0.2, 0) is 6.42 Å². The zero-order chi connectivity index (χ0) is 15.1. The third-order valence-electron chi connectivity index (χ3n) is 3.25. The first-order valence-corrected chi connectivity index (χ1v) is 7.65. The number of aromatic nitrogens is 3. The minimum absolute atomic E-state index is 0.382. The van der Waals surface area contributed by atoms with Crippen molar-refractivity contribution in [3.8, 4) is 11.4 Å². The molecule has 0 saturated carbocycles. The predicted molar refractivity (Wildman–Crippen MR) is 82.8 cm³/mol. The van der Waals surface area contributed by atoms with Gasteiger partial charge in [0.15, 0.2) is 0 Å². The van der Waals surface area contributed by atoms with E-state index in [2.05, 4.69) is 41.2 Å². The van der Waals surface area contributed by atoms with Gasteiger partial charge < -0.3 is 9.84 Å². The summed E-state index contributed by atoms with van der Waals surface area (Å²) in [6, 6.07) is 4.19. The van der Waals surface area contributed by atoms with E-state index >= 15 is 0 Å². The Bertz CT molecular complexity index is 524. The van der Waals surface area contributed by atoms with Crippen LogP contribution in [0.3, 0.4) is 0 Å². The van der Waals surface area contributed by atoms with E-state index in [1.165, 1.54) is 0 Å². The smallest absolute Gasteiger partial charge is 0.228 e. The number of nitrogens with one attached hydrogen (secondary N) is 1. The summed E-state index contributed by atoms with van der Waals surface area (Å²) in [6.45, 7) is 7.65. The second kappa shape index (κ2) is 7.88. The van der Waals surface area contributed by atoms with Crippen molar-refractivity contribution in [1.29, 1.82) is 0 Å². The highest BCUT2D eigenvalue weighted by Crippen LogP contribution is 2.16. The van der Waals surface area contributed by atoms with Crippen molar-refractivity contribution in [3.63, 3.8) is 0 Å². The van der Waals surface area contributed by atoms with Gasteiger partial charge in [0.1, 0.15) is 0 Å². The van der Waals surface area contributed by atoms with Crippen molar-refractivity contribution in [3.05, 3.63) is 30.4 Å². The fourth-order valence-corrected chi connectivity index (χ4v) is 2.32. The minimum atomic E-state index is 0.382. The molecule has 0 saturated heterocycles. The van der Waals surface area contributed by atoms with E-state index in [0.29, 0.717) is 23.7 Å². The average molecular weight is 288 g/mol. The zero-order valence-electron chi connectivity index (χ0n) is 13.0. The highest BCUT2D eigenvalue weighted by molar-refractivity contribution is 5.51. The summed E-state index contributed by atoms with van der Waals surface area (Å²) in [5.41, 5.74) is 0.884. The lowest BCUT2D eigenvalue weighted by molar-refractivity contribution is 0.338. The maximum Gasteiger partial charge on any atom is 0.228 e. The highest BCUT2D eigenvalue weighted by atomic mass is 16.5. The molecule has 2 rings (SSSR count). The molecule has 2 aromatic rings. The molecule has 1 N–H and O–H groups in total. The Balaban J connectivity index is 2.02. The van der Waals surface area contributed by atoms with E-state index < -0.39 is 0 Å². The lowest BCUT2D eigenvalue weighted by atomic mass is 10.0. The standard InChI is InChI=1S/C16H24N4O/c1-4-7-18-14(9-12(2)3)10-15-19-16(20-21-15)13-6-5-8-17-11-13/h5-6,8,11-12,14,18H,4,7,9-10H2,1-3H3. The molecule has 0 bridgehead atoms. The van der Waals surface area contributed by atoms with Gasteiger partial charge in [-0.1, -0.05) is 25.9 Å². The number of hydrogen-bond acceptors (Lipinski definition) is 5. The van der Waals surface area contributed by atoms with Crippen LogP contribution < -0.4 is 5.32 Å². The van der Waals surface area contributed by atoms with Crippen LogP contribution >= 0.6 is 0 Å². The van der Waals surface area contributed by atoms with Crippen LogP contribution in [0.2, 0.25) is 0 Å². The molecule has 2 heterocycles. The summed E-state index contributed by atoms with van der Waals surface area (Å²) >= 11 is 0. The van der Waals surface area contributed by atoms with Gasteiger partial charge in [0.05, 0.1) is 0 Å². The van der Waals surface area contributed by atoms with E-state index in [-0.39, 0.29) is 0 Å². The van der Waals surface area contributed by atoms with Gasteiger partial charge in [0, 0.05) is 30.4 Å². The maximum absolute atomic E-state index is 5.38. The van der Waals surface area contributed by atoms with E-state index in [4.69, 9.17) is 4.52 Å². The molecular formula is C16H24N4O. The molecule has 0 aliphatic carbocycles. The van der Waals surface area contributed by atoms with Crippen LogP contribution in [0.4, 0.5) is 0 Å². The quantitative estimate of drug-likeness (QED) is 0.808. The topological polar surface area (TPSA) is 63.8 Å². The van der Waals surface area contributed by atoms with Crippen molar-refractivity contribution in [1.82, 2.24) is 20.4 Å². The molecule has 114 valence electrons. The van der Waals surface area contributed by atoms with E-state index in [9.17, 15) is 0 Å². The zero-order valence-corrected chi connectivity index (χ0v) is 13.0. The lowest BCUT2D eigenvalue weighted by Crippen LogP contribution is -2.33. The Hall–Kier alpha value is -1.75. The highest BCUT2D eigenvalue weighted by Gasteiger charge is 2.16. The molecule has 0 aliphatic heterocycles. The van der Waals surface area contributed by atoms with Crippen molar-refractivity contribution in [2.75, 3.05) is 6.54 Å². The Morgan fingerprint density at radius 1 is 1.33 bits per heavy atom. The predicted octanol–water partition coefficient (Wildman–Crippen LogP) is 3.09. The van der Waals surface area contributed by atoms with Crippen molar-refractivity contribution < 1.29 is 4.52 Å². The Labute approximate surface area is 126 Å². The van der Waals surface area contributed by atoms with Crippen LogP contribution in [0.1, 0.15) is 39.5 Å². The molecule has 0 aliphatic rings.